The number of thioether (sulfide) groups is 1. The standard InChI is InChI=1S/C11H14N2O2S/c1-6-5-7(2)13-11(12-6)16-10(8(3)14)9(4)15/h5,14H,1-4H3/b10-8-. The van der Waals surface area contributed by atoms with Crippen LogP contribution in [0.15, 0.2) is 21.9 Å². The molecule has 0 aliphatic rings. The van der Waals surface area contributed by atoms with Crippen LogP contribution in [-0.4, -0.2) is 20.9 Å². The van der Waals surface area contributed by atoms with Gasteiger partial charge in [0, 0.05) is 11.4 Å². The monoisotopic (exact) mass is 238 g/mol. The molecule has 0 spiro atoms. The largest absolute Gasteiger partial charge is 0.511 e. The summed E-state index contributed by atoms with van der Waals surface area (Å²) < 4.78 is 0. The van der Waals surface area contributed by atoms with E-state index in [1.807, 2.05) is 19.9 Å². The van der Waals surface area contributed by atoms with Gasteiger partial charge in [0.25, 0.3) is 0 Å². The van der Waals surface area contributed by atoms with Crippen LogP contribution in [0.1, 0.15) is 25.2 Å². The van der Waals surface area contributed by atoms with Crippen LogP contribution in [0.5, 0.6) is 0 Å². The van der Waals surface area contributed by atoms with Gasteiger partial charge in [-0.3, -0.25) is 4.79 Å². The van der Waals surface area contributed by atoms with Gasteiger partial charge >= 0.3 is 0 Å². The second-order valence-electron chi connectivity index (χ2n) is 3.51. The quantitative estimate of drug-likeness (QED) is 0.379. The summed E-state index contributed by atoms with van der Waals surface area (Å²) in [6.07, 6.45) is 0. The van der Waals surface area contributed by atoms with Crippen LogP contribution in [-0.2, 0) is 4.79 Å². The van der Waals surface area contributed by atoms with Gasteiger partial charge in [0.05, 0.1) is 4.91 Å². The minimum Gasteiger partial charge on any atom is -0.511 e. The maximum absolute atomic E-state index is 11.3. The number of allylic oxidation sites excluding steroid dienone is 2. The summed E-state index contributed by atoms with van der Waals surface area (Å²) >= 11 is 1.09. The predicted molar refractivity (Wildman–Crippen MR) is 63.4 cm³/mol. The van der Waals surface area contributed by atoms with E-state index in [9.17, 15) is 9.90 Å². The number of nitrogens with zero attached hydrogens (tertiary/aromatic N) is 2. The summed E-state index contributed by atoms with van der Waals surface area (Å²) in [5.74, 6) is -0.187. The van der Waals surface area contributed by atoms with Crippen LogP contribution in [0.25, 0.3) is 0 Å². The Morgan fingerprint density at radius 1 is 1.25 bits per heavy atom. The zero-order valence-electron chi connectivity index (χ0n) is 9.74. The molecule has 5 heteroatoms. The smallest absolute Gasteiger partial charge is 0.193 e. The van der Waals surface area contributed by atoms with Crippen LogP contribution < -0.4 is 0 Å². The molecule has 1 rings (SSSR count). The number of hydrogen-bond donors (Lipinski definition) is 1. The summed E-state index contributed by atoms with van der Waals surface area (Å²) in [4.78, 5) is 19.9. The highest BCUT2D eigenvalue weighted by molar-refractivity contribution is 8.03. The number of hydrogen-bond acceptors (Lipinski definition) is 5. The van der Waals surface area contributed by atoms with Gasteiger partial charge in [0.2, 0.25) is 0 Å². The highest BCUT2D eigenvalue weighted by Crippen LogP contribution is 2.26. The van der Waals surface area contributed by atoms with Crippen molar-refractivity contribution in [3.63, 3.8) is 0 Å². The molecule has 0 saturated carbocycles. The van der Waals surface area contributed by atoms with Crippen LogP contribution >= 0.6 is 11.8 Å². The van der Waals surface area contributed by atoms with Crippen molar-refractivity contribution < 1.29 is 9.90 Å². The maximum atomic E-state index is 11.3. The molecule has 1 N–H and O–H groups in total. The Morgan fingerprint density at radius 2 is 1.75 bits per heavy atom. The van der Waals surface area contributed by atoms with Crippen molar-refractivity contribution in [2.75, 3.05) is 0 Å². The van der Waals surface area contributed by atoms with Crippen molar-refractivity contribution in [1.29, 1.82) is 0 Å². The first kappa shape index (κ1) is 12.7. The molecule has 0 aliphatic carbocycles. The number of aryl methyl sites for hydroxylation is 2. The second kappa shape index (κ2) is 5.12. The third-order valence-corrected chi connectivity index (χ3v) is 2.96. The van der Waals surface area contributed by atoms with E-state index in [0.29, 0.717) is 5.16 Å². The molecule has 0 saturated heterocycles. The summed E-state index contributed by atoms with van der Waals surface area (Å²) in [6.45, 7) is 6.61. The normalized spacial score (nSPS) is 12.2. The number of carbonyl (C=O) groups is 1. The van der Waals surface area contributed by atoms with Gasteiger partial charge < -0.3 is 5.11 Å². The fourth-order valence-electron chi connectivity index (χ4n) is 1.23. The number of rotatable bonds is 3. The van der Waals surface area contributed by atoms with Gasteiger partial charge in [0.15, 0.2) is 10.9 Å². The lowest BCUT2D eigenvalue weighted by Gasteiger charge is -2.05. The van der Waals surface area contributed by atoms with Crippen molar-refractivity contribution in [2.45, 2.75) is 32.9 Å². The van der Waals surface area contributed by atoms with Crippen molar-refractivity contribution in [3.8, 4) is 0 Å². The molecule has 0 aliphatic heterocycles. The van der Waals surface area contributed by atoms with Crippen LogP contribution in [0, 0.1) is 13.8 Å². The van der Waals surface area contributed by atoms with Gasteiger partial charge in [-0.15, -0.1) is 0 Å². The molecule has 4 nitrogen and oxygen atoms in total. The average Bonchev–Trinajstić information content (AvgIpc) is 2.11. The molecule has 0 aromatic carbocycles. The third kappa shape index (κ3) is 3.34. The molecule has 0 bridgehead atoms. The molecule has 16 heavy (non-hydrogen) atoms. The van der Waals surface area contributed by atoms with E-state index in [1.165, 1.54) is 13.8 Å². The highest BCUT2D eigenvalue weighted by atomic mass is 32.2. The number of aliphatic hydroxyl groups excluding tert-OH is 1. The molecule has 1 aromatic heterocycles. The molecular weight excluding hydrogens is 224 g/mol. The third-order valence-electron chi connectivity index (χ3n) is 1.80. The van der Waals surface area contributed by atoms with Crippen LogP contribution in [0.3, 0.4) is 0 Å². The molecule has 0 unspecified atom stereocenters. The molecule has 1 aromatic rings. The van der Waals surface area contributed by atoms with E-state index in [4.69, 9.17) is 0 Å². The number of ketones is 1. The Bertz CT molecular complexity index is 431. The van der Waals surface area contributed by atoms with Gasteiger partial charge in [-0.1, -0.05) is 0 Å². The van der Waals surface area contributed by atoms with Crippen molar-refractivity contribution in [3.05, 3.63) is 28.1 Å². The summed E-state index contributed by atoms with van der Waals surface area (Å²) in [5, 5.41) is 9.85. The fraction of sp³-hybridized carbons (Fsp3) is 0.364. The van der Waals surface area contributed by atoms with Gasteiger partial charge in [0.1, 0.15) is 5.76 Å². The topological polar surface area (TPSA) is 63.1 Å². The van der Waals surface area contributed by atoms with E-state index in [1.54, 1.807) is 0 Å². The molecule has 1 heterocycles. The van der Waals surface area contributed by atoms with E-state index < -0.39 is 0 Å². The number of aliphatic hydroxyl groups is 1. The SMILES string of the molecule is CC(=O)/C(Sc1nc(C)cc(C)n1)=C(\C)O. The fourth-order valence-corrected chi connectivity index (χ4v) is 2.08. The molecule has 86 valence electrons. The van der Waals surface area contributed by atoms with E-state index in [0.717, 1.165) is 23.1 Å². The Morgan fingerprint density at radius 3 is 2.12 bits per heavy atom. The Balaban J connectivity index is 3.04. The Hall–Kier alpha value is -1.36. The minimum absolute atomic E-state index is 0.000240. The molecular formula is C11H14N2O2S. The average molecular weight is 238 g/mol. The highest BCUT2D eigenvalue weighted by Gasteiger charge is 2.12. The van der Waals surface area contributed by atoms with Crippen LogP contribution in [0.2, 0.25) is 0 Å². The Labute approximate surface area is 98.8 Å². The molecule has 0 fully saturated rings. The summed E-state index contributed by atoms with van der Waals surface area (Å²) in [7, 11) is 0. The van der Waals surface area contributed by atoms with E-state index in [2.05, 4.69) is 9.97 Å². The lowest BCUT2D eigenvalue weighted by molar-refractivity contribution is -0.113. The number of Topliss-reactive ketones (excluding diaryl/α,β-unsaturated/α-hetero) is 1. The zero-order chi connectivity index (χ0) is 12.3. The van der Waals surface area contributed by atoms with Gasteiger partial charge in [-0.25, -0.2) is 9.97 Å². The first-order valence-electron chi connectivity index (χ1n) is 4.81. The second-order valence-corrected chi connectivity index (χ2v) is 4.48. The predicted octanol–water partition coefficient (Wildman–Crippen LogP) is 2.56. The number of aromatic nitrogens is 2. The van der Waals surface area contributed by atoms with Crippen molar-refractivity contribution >= 4 is 17.5 Å². The molecule has 0 amide bonds. The van der Waals surface area contributed by atoms with Gasteiger partial charge in [-0.05, 0) is 45.5 Å². The lowest BCUT2D eigenvalue weighted by atomic mass is 10.4. The van der Waals surface area contributed by atoms with Crippen molar-refractivity contribution in [1.82, 2.24) is 9.97 Å². The molecule has 0 atom stereocenters. The first-order valence-corrected chi connectivity index (χ1v) is 5.62. The van der Waals surface area contributed by atoms with E-state index in [-0.39, 0.29) is 16.4 Å². The first-order chi connectivity index (χ1) is 7.40. The van der Waals surface area contributed by atoms with E-state index >= 15 is 0 Å². The minimum atomic E-state index is -0.187. The summed E-state index contributed by atoms with van der Waals surface area (Å²) in [5.41, 5.74) is 1.68. The lowest BCUT2D eigenvalue weighted by Crippen LogP contribution is -1.99. The van der Waals surface area contributed by atoms with Crippen molar-refractivity contribution in [2.24, 2.45) is 0 Å². The zero-order valence-corrected chi connectivity index (χ0v) is 10.6. The van der Waals surface area contributed by atoms with Crippen LogP contribution in [0.4, 0.5) is 0 Å². The summed E-state index contributed by atoms with van der Waals surface area (Å²) in [6, 6.07) is 1.85. The molecule has 0 radical (unpaired) electrons. The Kier molecular flexibility index (Phi) is 4.06. The van der Waals surface area contributed by atoms with Gasteiger partial charge in [-0.2, -0.15) is 0 Å². The number of carbonyl (C=O) groups excluding carboxylic acids is 1. The maximum Gasteiger partial charge on any atom is 0.193 e.